The van der Waals surface area contributed by atoms with E-state index < -0.39 is 0 Å². The topological polar surface area (TPSA) is 21.3 Å². The molecular weight excluding hydrogens is 222 g/mol. The van der Waals surface area contributed by atoms with Crippen molar-refractivity contribution in [3.8, 4) is 0 Å². The SMILES string of the molecule is Clc1cc2c(c([C@@H]3CCCN3)c1)CCOC2. The molecule has 3 heteroatoms. The Morgan fingerprint density at radius 3 is 3.12 bits per heavy atom. The smallest absolute Gasteiger partial charge is 0.0720 e. The molecule has 1 saturated heterocycles. The molecule has 1 aromatic carbocycles. The van der Waals surface area contributed by atoms with Crippen LogP contribution in [0.5, 0.6) is 0 Å². The molecular formula is C13H16ClNO. The Labute approximate surface area is 101 Å². The molecule has 2 heterocycles. The average molecular weight is 238 g/mol. The lowest BCUT2D eigenvalue weighted by Gasteiger charge is -2.23. The quantitative estimate of drug-likeness (QED) is 0.811. The summed E-state index contributed by atoms with van der Waals surface area (Å²) in [6, 6.07) is 4.69. The molecule has 0 bridgehead atoms. The first kappa shape index (κ1) is 10.6. The summed E-state index contributed by atoms with van der Waals surface area (Å²) in [5, 5.41) is 4.39. The monoisotopic (exact) mass is 237 g/mol. The van der Waals surface area contributed by atoms with Crippen LogP contribution in [0.2, 0.25) is 5.02 Å². The summed E-state index contributed by atoms with van der Waals surface area (Å²) in [5.74, 6) is 0. The van der Waals surface area contributed by atoms with E-state index in [1.165, 1.54) is 29.5 Å². The van der Waals surface area contributed by atoms with Gasteiger partial charge in [-0.2, -0.15) is 0 Å². The van der Waals surface area contributed by atoms with E-state index in [9.17, 15) is 0 Å². The number of ether oxygens (including phenoxy) is 1. The predicted molar refractivity (Wildman–Crippen MR) is 64.8 cm³/mol. The van der Waals surface area contributed by atoms with Gasteiger partial charge in [0.25, 0.3) is 0 Å². The molecule has 0 aliphatic carbocycles. The molecule has 16 heavy (non-hydrogen) atoms. The molecule has 2 aliphatic rings. The Kier molecular flexibility index (Phi) is 2.88. The van der Waals surface area contributed by atoms with E-state index in [2.05, 4.69) is 17.4 Å². The molecule has 0 saturated carbocycles. The Balaban J connectivity index is 2.04. The number of benzene rings is 1. The summed E-state index contributed by atoms with van der Waals surface area (Å²) >= 11 is 6.18. The van der Waals surface area contributed by atoms with Gasteiger partial charge in [0, 0.05) is 11.1 Å². The summed E-state index contributed by atoms with van der Waals surface area (Å²) in [4.78, 5) is 0. The van der Waals surface area contributed by atoms with E-state index in [4.69, 9.17) is 16.3 Å². The lowest BCUT2D eigenvalue weighted by atomic mass is 9.92. The molecule has 0 unspecified atom stereocenters. The zero-order valence-corrected chi connectivity index (χ0v) is 10.0. The highest BCUT2D eigenvalue weighted by Crippen LogP contribution is 2.33. The van der Waals surface area contributed by atoms with Crippen molar-refractivity contribution in [1.82, 2.24) is 5.32 Å². The molecule has 3 rings (SSSR count). The Morgan fingerprint density at radius 1 is 1.38 bits per heavy atom. The number of hydrogen-bond acceptors (Lipinski definition) is 2. The fourth-order valence-electron chi connectivity index (χ4n) is 2.77. The maximum absolute atomic E-state index is 6.18. The van der Waals surface area contributed by atoms with Crippen molar-refractivity contribution in [2.45, 2.75) is 31.9 Å². The molecule has 1 atom stereocenters. The highest BCUT2D eigenvalue weighted by Gasteiger charge is 2.23. The van der Waals surface area contributed by atoms with Crippen LogP contribution in [0.3, 0.4) is 0 Å². The van der Waals surface area contributed by atoms with Crippen LogP contribution >= 0.6 is 11.6 Å². The maximum atomic E-state index is 6.18. The van der Waals surface area contributed by atoms with Gasteiger partial charge in [-0.05, 0) is 54.6 Å². The third kappa shape index (κ3) is 1.86. The van der Waals surface area contributed by atoms with Crippen LogP contribution in [-0.2, 0) is 17.8 Å². The van der Waals surface area contributed by atoms with Crippen LogP contribution in [0.25, 0.3) is 0 Å². The average Bonchev–Trinajstić information content (AvgIpc) is 2.81. The van der Waals surface area contributed by atoms with Crippen molar-refractivity contribution < 1.29 is 4.74 Å². The minimum atomic E-state index is 0.505. The number of nitrogens with one attached hydrogen (secondary N) is 1. The second-order valence-electron chi connectivity index (χ2n) is 4.58. The van der Waals surface area contributed by atoms with Crippen LogP contribution < -0.4 is 5.32 Å². The second-order valence-corrected chi connectivity index (χ2v) is 5.02. The molecule has 0 amide bonds. The van der Waals surface area contributed by atoms with Crippen molar-refractivity contribution in [3.63, 3.8) is 0 Å². The number of hydrogen-bond donors (Lipinski definition) is 1. The molecule has 1 fully saturated rings. The summed E-state index contributed by atoms with van der Waals surface area (Å²) in [5.41, 5.74) is 4.15. The first-order valence-electron chi connectivity index (χ1n) is 5.97. The van der Waals surface area contributed by atoms with Gasteiger partial charge in [0.05, 0.1) is 13.2 Å². The number of rotatable bonds is 1. The van der Waals surface area contributed by atoms with E-state index >= 15 is 0 Å². The Bertz CT molecular complexity index is 399. The minimum Gasteiger partial charge on any atom is -0.376 e. The van der Waals surface area contributed by atoms with Gasteiger partial charge in [-0.3, -0.25) is 0 Å². The Morgan fingerprint density at radius 2 is 2.31 bits per heavy atom. The van der Waals surface area contributed by atoms with Crippen molar-refractivity contribution in [2.24, 2.45) is 0 Å². The molecule has 1 N–H and O–H groups in total. The summed E-state index contributed by atoms with van der Waals surface area (Å²) in [6.45, 7) is 2.69. The zero-order valence-electron chi connectivity index (χ0n) is 9.26. The van der Waals surface area contributed by atoms with Gasteiger partial charge in [-0.1, -0.05) is 11.6 Å². The van der Waals surface area contributed by atoms with Crippen molar-refractivity contribution >= 4 is 11.6 Å². The van der Waals surface area contributed by atoms with Crippen molar-refractivity contribution in [3.05, 3.63) is 33.8 Å². The standard InChI is InChI=1S/C13H16ClNO/c14-10-6-9-8-16-5-3-11(9)12(7-10)13-2-1-4-15-13/h6-7,13,15H,1-5,8H2/t13-/m0/s1. The first-order chi connectivity index (χ1) is 7.84. The van der Waals surface area contributed by atoms with Gasteiger partial charge in [0.1, 0.15) is 0 Å². The predicted octanol–water partition coefficient (Wildman–Crippen LogP) is 2.84. The minimum absolute atomic E-state index is 0.505. The van der Waals surface area contributed by atoms with E-state index in [0.717, 1.165) is 31.2 Å². The fourth-order valence-corrected chi connectivity index (χ4v) is 3.02. The van der Waals surface area contributed by atoms with Gasteiger partial charge >= 0.3 is 0 Å². The van der Waals surface area contributed by atoms with Crippen LogP contribution in [0.4, 0.5) is 0 Å². The van der Waals surface area contributed by atoms with E-state index in [1.807, 2.05) is 0 Å². The zero-order chi connectivity index (χ0) is 11.0. The second kappa shape index (κ2) is 4.36. The van der Waals surface area contributed by atoms with E-state index in [1.54, 1.807) is 0 Å². The summed E-state index contributed by atoms with van der Waals surface area (Å²) in [7, 11) is 0. The molecule has 2 nitrogen and oxygen atoms in total. The van der Waals surface area contributed by atoms with Crippen LogP contribution in [-0.4, -0.2) is 13.2 Å². The third-order valence-electron chi connectivity index (χ3n) is 3.53. The molecule has 2 aliphatic heterocycles. The molecule has 0 radical (unpaired) electrons. The number of fused-ring (bicyclic) bond motifs is 1. The van der Waals surface area contributed by atoms with Crippen LogP contribution in [0.1, 0.15) is 35.6 Å². The normalized spacial score (nSPS) is 24.4. The van der Waals surface area contributed by atoms with Gasteiger partial charge in [0.2, 0.25) is 0 Å². The van der Waals surface area contributed by atoms with Gasteiger partial charge < -0.3 is 10.1 Å². The summed E-state index contributed by atoms with van der Waals surface area (Å²) < 4.78 is 5.49. The first-order valence-corrected chi connectivity index (χ1v) is 6.35. The van der Waals surface area contributed by atoms with Gasteiger partial charge in [-0.15, -0.1) is 0 Å². The van der Waals surface area contributed by atoms with Gasteiger partial charge in [-0.25, -0.2) is 0 Å². The van der Waals surface area contributed by atoms with Crippen molar-refractivity contribution in [1.29, 1.82) is 0 Å². The highest BCUT2D eigenvalue weighted by molar-refractivity contribution is 6.30. The van der Waals surface area contributed by atoms with Gasteiger partial charge in [0.15, 0.2) is 0 Å². The maximum Gasteiger partial charge on any atom is 0.0720 e. The lowest BCUT2D eigenvalue weighted by molar-refractivity contribution is 0.110. The van der Waals surface area contributed by atoms with Crippen LogP contribution in [0, 0.1) is 0 Å². The van der Waals surface area contributed by atoms with Crippen molar-refractivity contribution in [2.75, 3.05) is 13.2 Å². The van der Waals surface area contributed by atoms with Crippen LogP contribution in [0.15, 0.2) is 12.1 Å². The van der Waals surface area contributed by atoms with E-state index in [0.29, 0.717) is 6.04 Å². The largest absolute Gasteiger partial charge is 0.376 e. The molecule has 86 valence electrons. The lowest BCUT2D eigenvalue weighted by Crippen LogP contribution is -2.19. The highest BCUT2D eigenvalue weighted by atomic mass is 35.5. The fraction of sp³-hybridized carbons (Fsp3) is 0.538. The Hall–Kier alpha value is -0.570. The van der Waals surface area contributed by atoms with E-state index in [-0.39, 0.29) is 0 Å². The molecule has 1 aromatic rings. The number of halogens is 1. The molecule has 0 aromatic heterocycles. The summed E-state index contributed by atoms with van der Waals surface area (Å²) in [6.07, 6.45) is 3.52. The third-order valence-corrected chi connectivity index (χ3v) is 3.75. The molecule has 0 spiro atoms.